The molecule has 0 saturated heterocycles. The molecule has 1 aliphatic carbocycles. The lowest BCUT2D eigenvalue weighted by Crippen LogP contribution is -2.18. The summed E-state index contributed by atoms with van der Waals surface area (Å²) in [5.41, 5.74) is 3.67. The Morgan fingerprint density at radius 3 is 3.21 bits per heavy atom. The van der Waals surface area contributed by atoms with Gasteiger partial charge in [-0.1, -0.05) is 24.2 Å². The quantitative estimate of drug-likeness (QED) is 0.895. The summed E-state index contributed by atoms with van der Waals surface area (Å²) in [7, 11) is 0. The molecular weight excluding hydrogens is 240 g/mol. The Labute approximate surface area is 112 Å². The van der Waals surface area contributed by atoms with Crippen LogP contribution in [0.2, 0.25) is 0 Å². The van der Waals surface area contributed by atoms with E-state index in [1.165, 1.54) is 11.1 Å². The minimum atomic E-state index is 0.471. The number of benzene rings is 1. The number of hydrogen-bond acceptors (Lipinski definition) is 4. The molecule has 0 saturated carbocycles. The Bertz CT molecular complexity index is 537. The van der Waals surface area contributed by atoms with Gasteiger partial charge in [-0.05, 0) is 36.6 Å². The normalized spacial score (nSPS) is 17.4. The third-order valence-corrected chi connectivity index (χ3v) is 3.56. The van der Waals surface area contributed by atoms with Crippen molar-refractivity contribution in [3.63, 3.8) is 0 Å². The molecular formula is C15H18N2O2. The first-order valence-electron chi connectivity index (χ1n) is 6.74. The first-order chi connectivity index (χ1) is 9.38. The van der Waals surface area contributed by atoms with Crippen LogP contribution in [-0.4, -0.2) is 11.7 Å². The van der Waals surface area contributed by atoms with Gasteiger partial charge in [-0.3, -0.25) is 0 Å². The van der Waals surface area contributed by atoms with Crippen molar-refractivity contribution >= 4 is 0 Å². The van der Waals surface area contributed by atoms with Crippen LogP contribution in [0.25, 0.3) is 0 Å². The van der Waals surface area contributed by atoms with Crippen molar-refractivity contribution in [1.82, 2.24) is 10.5 Å². The lowest BCUT2D eigenvalue weighted by Gasteiger charge is -2.13. The van der Waals surface area contributed by atoms with Gasteiger partial charge in [0.15, 0.2) is 0 Å². The molecule has 19 heavy (non-hydrogen) atoms. The summed E-state index contributed by atoms with van der Waals surface area (Å²) in [6, 6.07) is 6.78. The van der Waals surface area contributed by atoms with Gasteiger partial charge in [0.05, 0.1) is 6.20 Å². The van der Waals surface area contributed by atoms with Gasteiger partial charge < -0.3 is 14.6 Å². The van der Waals surface area contributed by atoms with E-state index in [9.17, 15) is 0 Å². The lowest BCUT2D eigenvalue weighted by atomic mass is 10.1. The number of nitrogens with one attached hydrogen (secondary N) is 1. The third kappa shape index (κ3) is 2.49. The molecule has 1 atom stereocenters. The van der Waals surface area contributed by atoms with Crippen LogP contribution >= 0.6 is 0 Å². The average molecular weight is 258 g/mol. The predicted molar refractivity (Wildman–Crippen MR) is 72.0 cm³/mol. The average Bonchev–Trinajstić information content (AvgIpc) is 3.07. The zero-order valence-electron chi connectivity index (χ0n) is 11.1. The smallest absolute Gasteiger partial charge is 0.130 e. The van der Waals surface area contributed by atoms with E-state index in [0.29, 0.717) is 12.6 Å². The molecule has 0 radical (unpaired) electrons. The fraction of sp³-hybridized carbons (Fsp3) is 0.400. The highest BCUT2D eigenvalue weighted by Crippen LogP contribution is 2.37. The molecule has 4 nitrogen and oxygen atoms in total. The molecule has 0 fully saturated rings. The second-order valence-electron chi connectivity index (χ2n) is 4.79. The van der Waals surface area contributed by atoms with Crippen molar-refractivity contribution in [2.45, 2.75) is 32.4 Å². The van der Waals surface area contributed by atoms with E-state index in [1.54, 1.807) is 12.5 Å². The second-order valence-corrected chi connectivity index (χ2v) is 4.79. The molecule has 0 aliphatic heterocycles. The summed E-state index contributed by atoms with van der Waals surface area (Å²) in [5.74, 6) is 0.985. The van der Waals surface area contributed by atoms with Crippen molar-refractivity contribution in [3.05, 3.63) is 47.3 Å². The van der Waals surface area contributed by atoms with Crippen molar-refractivity contribution in [1.29, 1.82) is 0 Å². The van der Waals surface area contributed by atoms with E-state index in [0.717, 1.165) is 30.7 Å². The largest absolute Gasteiger partial charge is 0.488 e. The summed E-state index contributed by atoms with van der Waals surface area (Å²) in [6.07, 6.45) is 5.53. The van der Waals surface area contributed by atoms with Crippen LogP contribution in [0.1, 0.15) is 36.1 Å². The maximum absolute atomic E-state index is 5.89. The molecule has 1 heterocycles. The van der Waals surface area contributed by atoms with Gasteiger partial charge in [0, 0.05) is 11.6 Å². The summed E-state index contributed by atoms with van der Waals surface area (Å²) in [5, 5.41) is 7.20. The molecule has 0 spiro atoms. The molecule has 1 aliphatic rings. The number of nitrogens with zero attached hydrogens (tertiary/aromatic N) is 1. The molecule has 1 aromatic carbocycles. The van der Waals surface area contributed by atoms with Gasteiger partial charge in [0.25, 0.3) is 0 Å². The van der Waals surface area contributed by atoms with Crippen LogP contribution in [0.4, 0.5) is 0 Å². The van der Waals surface area contributed by atoms with Gasteiger partial charge in [-0.25, -0.2) is 0 Å². The molecule has 2 aromatic rings. The second kappa shape index (κ2) is 5.45. The minimum Gasteiger partial charge on any atom is -0.488 e. The standard InChI is InChI=1S/C15H18N2O2/c1-2-16-14-7-6-13-12(14)4-3-5-15(13)18-9-11-8-17-19-10-11/h3-5,8,10,14,16H,2,6-7,9H2,1H3. The molecule has 1 N–H and O–H groups in total. The van der Waals surface area contributed by atoms with Crippen LogP contribution in [0.5, 0.6) is 5.75 Å². The molecule has 1 aromatic heterocycles. The first-order valence-corrected chi connectivity index (χ1v) is 6.74. The Hall–Kier alpha value is -1.81. The highest BCUT2D eigenvalue weighted by atomic mass is 16.5. The van der Waals surface area contributed by atoms with E-state index in [4.69, 9.17) is 9.26 Å². The van der Waals surface area contributed by atoms with Crippen molar-refractivity contribution in [3.8, 4) is 5.75 Å². The number of hydrogen-bond donors (Lipinski definition) is 1. The summed E-state index contributed by atoms with van der Waals surface area (Å²) >= 11 is 0. The number of fused-ring (bicyclic) bond motifs is 1. The maximum atomic E-state index is 5.89. The topological polar surface area (TPSA) is 47.3 Å². The minimum absolute atomic E-state index is 0.471. The molecule has 0 bridgehead atoms. The fourth-order valence-corrected chi connectivity index (χ4v) is 2.67. The SMILES string of the molecule is CCNC1CCc2c(OCc3cnoc3)cccc21. The van der Waals surface area contributed by atoms with E-state index in [-0.39, 0.29) is 0 Å². The highest BCUT2D eigenvalue weighted by molar-refractivity contribution is 5.45. The van der Waals surface area contributed by atoms with E-state index in [1.807, 2.05) is 6.07 Å². The van der Waals surface area contributed by atoms with Gasteiger partial charge in [0.1, 0.15) is 18.6 Å². The summed E-state index contributed by atoms with van der Waals surface area (Å²) in [6.45, 7) is 3.64. The van der Waals surface area contributed by atoms with Crippen LogP contribution in [0.3, 0.4) is 0 Å². The zero-order valence-corrected chi connectivity index (χ0v) is 11.1. The van der Waals surface area contributed by atoms with Crippen LogP contribution in [0.15, 0.2) is 35.2 Å². The maximum Gasteiger partial charge on any atom is 0.130 e. The van der Waals surface area contributed by atoms with Gasteiger partial charge in [0.2, 0.25) is 0 Å². The summed E-state index contributed by atoms with van der Waals surface area (Å²) in [4.78, 5) is 0. The Balaban J connectivity index is 1.76. The number of aromatic nitrogens is 1. The zero-order chi connectivity index (χ0) is 13.1. The van der Waals surface area contributed by atoms with E-state index < -0.39 is 0 Å². The number of rotatable bonds is 5. The van der Waals surface area contributed by atoms with Crippen molar-refractivity contribution in [2.75, 3.05) is 6.54 Å². The molecule has 0 amide bonds. The van der Waals surface area contributed by atoms with Gasteiger partial charge in [-0.15, -0.1) is 0 Å². The molecule has 100 valence electrons. The van der Waals surface area contributed by atoms with Crippen LogP contribution in [-0.2, 0) is 13.0 Å². The predicted octanol–water partition coefficient (Wildman–Crippen LogP) is 2.85. The monoisotopic (exact) mass is 258 g/mol. The third-order valence-electron chi connectivity index (χ3n) is 3.56. The lowest BCUT2D eigenvalue weighted by molar-refractivity contribution is 0.301. The van der Waals surface area contributed by atoms with Crippen molar-refractivity contribution < 1.29 is 9.26 Å². The van der Waals surface area contributed by atoms with Crippen LogP contribution in [0, 0.1) is 0 Å². The van der Waals surface area contributed by atoms with Gasteiger partial charge >= 0.3 is 0 Å². The van der Waals surface area contributed by atoms with Crippen molar-refractivity contribution in [2.24, 2.45) is 0 Å². The number of ether oxygens (including phenoxy) is 1. The van der Waals surface area contributed by atoms with E-state index in [2.05, 4.69) is 29.5 Å². The summed E-state index contributed by atoms with van der Waals surface area (Å²) < 4.78 is 10.7. The Morgan fingerprint density at radius 1 is 1.47 bits per heavy atom. The molecule has 4 heteroatoms. The van der Waals surface area contributed by atoms with Crippen LogP contribution < -0.4 is 10.1 Å². The Morgan fingerprint density at radius 2 is 2.42 bits per heavy atom. The van der Waals surface area contributed by atoms with Gasteiger partial charge in [-0.2, -0.15) is 0 Å². The first kappa shape index (κ1) is 12.2. The van der Waals surface area contributed by atoms with E-state index >= 15 is 0 Å². The highest BCUT2D eigenvalue weighted by Gasteiger charge is 2.24. The molecule has 1 unspecified atom stereocenters. The molecule has 3 rings (SSSR count). The Kier molecular flexibility index (Phi) is 3.51. The fourth-order valence-electron chi connectivity index (χ4n) is 2.67.